The van der Waals surface area contributed by atoms with Gasteiger partial charge in [0.15, 0.2) is 0 Å². The van der Waals surface area contributed by atoms with Crippen molar-refractivity contribution in [1.29, 1.82) is 0 Å². The highest BCUT2D eigenvalue weighted by atomic mass is 16.7. The number of carbonyl (C=O) groups is 3. The average molecular weight is 296 g/mol. The quantitative estimate of drug-likeness (QED) is 0.805. The zero-order valence-corrected chi connectivity index (χ0v) is 11.8. The van der Waals surface area contributed by atoms with Crippen molar-refractivity contribution >= 4 is 17.8 Å². The maximum Gasteiger partial charge on any atom is 0.337 e. The summed E-state index contributed by atoms with van der Waals surface area (Å²) in [5, 5.41) is 0.509. The van der Waals surface area contributed by atoms with E-state index in [1.165, 1.54) is 12.1 Å². The number of hydrogen-bond acceptors (Lipinski definition) is 5. The summed E-state index contributed by atoms with van der Waals surface area (Å²) in [5.74, 6) is -1.95. The van der Waals surface area contributed by atoms with Crippen molar-refractivity contribution in [3.05, 3.63) is 65.0 Å². The first-order chi connectivity index (χ1) is 10.6. The van der Waals surface area contributed by atoms with E-state index in [1.807, 2.05) is 6.92 Å². The van der Waals surface area contributed by atoms with Crippen LogP contribution in [0.15, 0.2) is 42.6 Å². The number of hydrogen-bond donors (Lipinski definition) is 0. The van der Waals surface area contributed by atoms with Crippen LogP contribution < -0.4 is 0 Å². The van der Waals surface area contributed by atoms with E-state index in [2.05, 4.69) is 4.98 Å². The SMILES string of the molecule is Cc1ccc(CC(=O)ON2C(=O)c3ccccc3C2=O)cn1. The minimum atomic E-state index is -0.694. The van der Waals surface area contributed by atoms with Crippen LogP contribution in [-0.4, -0.2) is 27.8 Å². The van der Waals surface area contributed by atoms with Crippen LogP contribution in [0.5, 0.6) is 0 Å². The van der Waals surface area contributed by atoms with Gasteiger partial charge in [0.25, 0.3) is 11.8 Å². The molecular weight excluding hydrogens is 284 g/mol. The van der Waals surface area contributed by atoms with Crippen LogP contribution in [0.2, 0.25) is 0 Å². The van der Waals surface area contributed by atoms with Gasteiger partial charge in [-0.3, -0.25) is 14.6 Å². The van der Waals surface area contributed by atoms with Crippen LogP contribution in [0.4, 0.5) is 0 Å². The summed E-state index contributed by atoms with van der Waals surface area (Å²) in [7, 11) is 0. The Morgan fingerprint density at radius 3 is 2.27 bits per heavy atom. The molecule has 1 aliphatic heterocycles. The Morgan fingerprint density at radius 1 is 1.09 bits per heavy atom. The molecule has 2 aromatic rings. The molecule has 0 saturated heterocycles. The van der Waals surface area contributed by atoms with E-state index in [0.717, 1.165) is 5.69 Å². The van der Waals surface area contributed by atoms with E-state index in [9.17, 15) is 14.4 Å². The number of benzene rings is 1. The molecule has 6 heteroatoms. The first-order valence-corrected chi connectivity index (χ1v) is 6.66. The summed E-state index contributed by atoms with van der Waals surface area (Å²) >= 11 is 0. The molecule has 2 amide bonds. The number of nitrogens with zero attached hydrogens (tertiary/aromatic N) is 2. The zero-order chi connectivity index (χ0) is 15.7. The van der Waals surface area contributed by atoms with Gasteiger partial charge < -0.3 is 4.84 Å². The summed E-state index contributed by atoms with van der Waals surface area (Å²) < 4.78 is 0. The van der Waals surface area contributed by atoms with Crippen molar-refractivity contribution in [2.24, 2.45) is 0 Å². The molecule has 0 N–H and O–H groups in total. The smallest absolute Gasteiger partial charge is 0.329 e. The molecular formula is C16H12N2O4. The van der Waals surface area contributed by atoms with Gasteiger partial charge in [-0.25, -0.2) is 4.79 Å². The molecule has 1 aromatic heterocycles. The second kappa shape index (κ2) is 5.40. The Balaban J connectivity index is 1.71. The number of aromatic nitrogens is 1. The number of fused-ring (bicyclic) bond motifs is 1. The minimum Gasteiger partial charge on any atom is -0.329 e. The van der Waals surface area contributed by atoms with Crippen LogP contribution in [0, 0.1) is 6.92 Å². The van der Waals surface area contributed by atoms with Crippen molar-refractivity contribution in [1.82, 2.24) is 10.0 Å². The number of amides is 2. The third kappa shape index (κ3) is 2.46. The van der Waals surface area contributed by atoms with E-state index >= 15 is 0 Å². The molecule has 3 rings (SSSR count). The molecule has 2 heterocycles. The molecule has 0 fully saturated rings. The van der Waals surface area contributed by atoms with Crippen molar-refractivity contribution in [2.75, 3.05) is 0 Å². The first kappa shape index (κ1) is 13.9. The maximum atomic E-state index is 12.1. The molecule has 1 aromatic carbocycles. The number of imide groups is 1. The van der Waals surface area contributed by atoms with Gasteiger partial charge in [-0.1, -0.05) is 23.3 Å². The summed E-state index contributed by atoms with van der Waals surface area (Å²) in [6, 6.07) is 9.85. The van der Waals surface area contributed by atoms with E-state index < -0.39 is 17.8 Å². The first-order valence-electron chi connectivity index (χ1n) is 6.66. The number of rotatable bonds is 3. The largest absolute Gasteiger partial charge is 0.337 e. The summed E-state index contributed by atoms with van der Waals surface area (Å²) in [6.07, 6.45) is 1.49. The van der Waals surface area contributed by atoms with Gasteiger partial charge in [0.1, 0.15) is 0 Å². The Labute approximate surface area is 126 Å². The molecule has 1 aliphatic rings. The predicted octanol–water partition coefficient (Wildman–Crippen LogP) is 1.69. The minimum absolute atomic E-state index is 0.0688. The Bertz CT molecular complexity index is 733. The third-order valence-corrected chi connectivity index (χ3v) is 3.27. The molecule has 6 nitrogen and oxygen atoms in total. The normalized spacial score (nSPS) is 13.2. The Kier molecular flexibility index (Phi) is 3.42. The van der Waals surface area contributed by atoms with E-state index in [-0.39, 0.29) is 17.5 Å². The van der Waals surface area contributed by atoms with Crippen LogP contribution in [0.1, 0.15) is 32.0 Å². The van der Waals surface area contributed by atoms with Crippen LogP contribution in [-0.2, 0) is 16.1 Å². The molecule has 0 saturated carbocycles. The van der Waals surface area contributed by atoms with Gasteiger partial charge in [0.2, 0.25) is 0 Å². The molecule has 110 valence electrons. The topological polar surface area (TPSA) is 76.6 Å². The van der Waals surface area contributed by atoms with Crippen LogP contribution >= 0.6 is 0 Å². The van der Waals surface area contributed by atoms with E-state index in [4.69, 9.17) is 4.84 Å². The Morgan fingerprint density at radius 2 is 1.73 bits per heavy atom. The highest BCUT2D eigenvalue weighted by Crippen LogP contribution is 2.22. The molecule has 0 bridgehead atoms. The molecule has 22 heavy (non-hydrogen) atoms. The fourth-order valence-electron chi connectivity index (χ4n) is 2.15. The number of hydroxylamine groups is 2. The van der Waals surface area contributed by atoms with Gasteiger partial charge in [-0.2, -0.15) is 0 Å². The monoisotopic (exact) mass is 296 g/mol. The number of pyridine rings is 1. The Hall–Kier alpha value is -3.02. The summed E-state index contributed by atoms with van der Waals surface area (Å²) in [4.78, 5) is 45.0. The second-order valence-electron chi connectivity index (χ2n) is 4.90. The van der Waals surface area contributed by atoms with Crippen molar-refractivity contribution in [2.45, 2.75) is 13.3 Å². The zero-order valence-electron chi connectivity index (χ0n) is 11.8. The predicted molar refractivity (Wildman–Crippen MR) is 75.7 cm³/mol. The van der Waals surface area contributed by atoms with Gasteiger partial charge in [0.05, 0.1) is 17.5 Å². The van der Waals surface area contributed by atoms with E-state index in [0.29, 0.717) is 10.6 Å². The molecule has 0 aliphatic carbocycles. The van der Waals surface area contributed by atoms with Gasteiger partial charge in [0, 0.05) is 11.9 Å². The van der Waals surface area contributed by atoms with Gasteiger partial charge in [-0.05, 0) is 30.7 Å². The second-order valence-corrected chi connectivity index (χ2v) is 4.90. The molecule has 0 radical (unpaired) electrons. The molecule has 0 unspecified atom stereocenters. The fourth-order valence-corrected chi connectivity index (χ4v) is 2.15. The summed E-state index contributed by atoms with van der Waals surface area (Å²) in [6.45, 7) is 1.83. The summed E-state index contributed by atoms with van der Waals surface area (Å²) in [5.41, 5.74) is 1.94. The lowest BCUT2D eigenvalue weighted by Gasteiger charge is -2.12. The van der Waals surface area contributed by atoms with Crippen molar-refractivity contribution in [3.8, 4) is 0 Å². The van der Waals surface area contributed by atoms with E-state index in [1.54, 1.807) is 30.5 Å². The fraction of sp³-hybridized carbons (Fsp3) is 0.125. The maximum absolute atomic E-state index is 12.1. The lowest BCUT2D eigenvalue weighted by atomic mass is 10.1. The molecule has 0 spiro atoms. The van der Waals surface area contributed by atoms with Crippen molar-refractivity contribution < 1.29 is 19.2 Å². The standard InChI is InChI=1S/C16H12N2O4/c1-10-6-7-11(9-17-10)8-14(19)22-18-15(20)12-4-2-3-5-13(12)16(18)21/h2-7,9H,8H2,1H3. The average Bonchev–Trinajstić information content (AvgIpc) is 2.75. The van der Waals surface area contributed by atoms with Crippen LogP contribution in [0.25, 0.3) is 0 Å². The highest BCUT2D eigenvalue weighted by molar-refractivity contribution is 6.20. The number of carbonyl (C=O) groups excluding carboxylic acids is 3. The lowest BCUT2D eigenvalue weighted by Crippen LogP contribution is -2.33. The third-order valence-electron chi connectivity index (χ3n) is 3.27. The van der Waals surface area contributed by atoms with Crippen LogP contribution in [0.3, 0.4) is 0 Å². The van der Waals surface area contributed by atoms with Gasteiger partial charge >= 0.3 is 5.97 Å². The van der Waals surface area contributed by atoms with Crippen molar-refractivity contribution in [3.63, 3.8) is 0 Å². The molecule has 0 atom stereocenters. The number of aryl methyl sites for hydroxylation is 1. The van der Waals surface area contributed by atoms with Gasteiger partial charge in [-0.15, -0.1) is 0 Å². The highest BCUT2D eigenvalue weighted by Gasteiger charge is 2.38. The lowest BCUT2D eigenvalue weighted by molar-refractivity contribution is -0.167.